The molecule has 0 saturated carbocycles. The summed E-state index contributed by atoms with van der Waals surface area (Å²) in [5.74, 6) is -0.206. The van der Waals surface area contributed by atoms with Gasteiger partial charge < -0.3 is 15.1 Å². The average Bonchev–Trinajstić information content (AvgIpc) is 2.74. The van der Waals surface area contributed by atoms with E-state index >= 15 is 0 Å². The molecule has 1 heterocycles. The van der Waals surface area contributed by atoms with E-state index in [4.69, 9.17) is 0 Å². The molecule has 5 nitrogen and oxygen atoms in total. The third-order valence-corrected chi connectivity index (χ3v) is 5.04. The predicted molar refractivity (Wildman–Crippen MR) is 108 cm³/mol. The molecule has 0 spiro atoms. The van der Waals surface area contributed by atoms with Gasteiger partial charge in [-0.15, -0.1) is 0 Å². The van der Waals surface area contributed by atoms with Crippen molar-refractivity contribution in [3.05, 3.63) is 65.7 Å². The number of benzene rings is 2. The molecule has 1 aliphatic heterocycles. The van der Waals surface area contributed by atoms with Gasteiger partial charge in [0.25, 0.3) is 0 Å². The highest BCUT2D eigenvalue weighted by Gasteiger charge is 2.31. The molecule has 160 valence electrons. The molecule has 30 heavy (non-hydrogen) atoms. The largest absolute Gasteiger partial charge is 0.416 e. The first-order valence-electron chi connectivity index (χ1n) is 9.83. The Kier molecular flexibility index (Phi) is 6.97. The van der Waals surface area contributed by atoms with Crippen LogP contribution in [0.4, 0.5) is 18.9 Å². The van der Waals surface area contributed by atoms with Gasteiger partial charge in [0.2, 0.25) is 11.8 Å². The standard InChI is InChI=1S/C22H24F3N3O2/c23-22(24,25)18-7-4-8-19(16-18)27-11-13-28(14-12-27)21(30)9-10-26-20(29)15-17-5-2-1-3-6-17/h1-8,16H,9-15H2,(H,26,29). The predicted octanol–water partition coefficient (Wildman–Crippen LogP) is 3.10. The highest BCUT2D eigenvalue weighted by atomic mass is 19.4. The minimum Gasteiger partial charge on any atom is -0.368 e. The van der Waals surface area contributed by atoms with Crippen molar-refractivity contribution in [2.75, 3.05) is 37.6 Å². The Labute approximate surface area is 173 Å². The van der Waals surface area contributed by atoms with E-state index in [1.165, 1.54) is 6.07 Å². The summed E-state index contributed by atoms with van der Waals surface area (Å²) in [4.78, 5) is 27.9. The van der Waals surface area contributed by atoms with E-state index in [1.54, 1.807) is 11.0 Å². The zero-order valence-electron chi connectivity index (χ0n) is 16.5. The Morgan fingerprint density at radius 3 is 2.30 bits per heavy atom. The van der Waals surface area contributed by atoms with Crippen LogP contribution in [0.15, 0.2) is 54.6 Å². The topological polar surface area (TPSA) is 52.7 Å². The molecule has 1 fully saturated rings. The molecule has 1 saturated heterocycles. The van der Waals surface area contributed by atoms with Crippen LogP contribution in [0.5, 0.6) is 0 Å². The molecule has 2 amide bonds. The average molecular weight is 419 g/mol. The van der Waals surface area contributed by atoms with Gasteiger partial charge in [0.1, 0.15) is 0 Å². The molecule has 0 aliphatic carbocycles. The van der Waals surface area contributed by atoms with Crippen LogP contribution < -0.4 is 10.2 Å². The fraction of sp³-hybridized carbons (Fsp3) is 0.364. The van der Waals surface area contributed by atoms with Crippen molar-refractivity contribution in [2.45, 2.75) is 19.0 Å². The molecular formula is C22H24F3N3O2. The maximum absolute atomic E-state index is 12.9. The summed E-state index contributed by atoms with van der Waals surface area (Å²) < 4.78 is 38.7. The van der Waals surface area contributed by atoms with Crippen LogP contribution in [0, 0.1) is 0 Å². The third kappa shape index (κ3) is 5.98. The van der Waals surface area contributed by atoms with Crippen molar-refractivity contribution in [3.63, 3.8) is 0 Å². The monoisotopic (exact) mass is 419 g/mol. The Balaban J connectivity index is 1.41. The molecule has 2 aromatic rings. The van der Waals surface area contributed by atoms with E-state index in [-0.39, 0.29) is 31.2 Å². The molecule has 0 bridgehead atoms. The molecule has 0 atom stereocenters. The van der Waals surface area contributed by atoms with Crippen LogP contribution in [0.1, 0.15) is 17.5 Å². The summed E-state index contributed by atoms with van der Waals surface area (Å²) in [7, 11) is 0. The highest BCUT2D eigenvalue weighted by molar-refractivity contribution is 5.80. The first-order chi connectivity index (χ1) is 14.3. The quantitative estimate of drug-likeness (QED) is 0.783. The maximum Gasteiger partial charge on any atom is 0.416 e. The number of rotatable bonds is 6. The normalized spacial score (nSPS) is 14.5. The molecule has 1 aliphatic rings. The van der Waals surface area contributed by atoms with Gasteiger partial charge in [-0.2, -0.15) is 13.2 Å². The number of amides is 2. The fourth-order valence-electron chi connectivity index (χ4n) is 3.40. The number of hydrogen-bond donors (Lipinski definition) is 1. The zero-order valence-corrected chi connectivity index (χ0v) is 16.5. The first kappa shape index (κ1) is 21.7. The van der Waals surface area contributed by atoms with Crippen molar-refractivity contribution in [1.82, 2.24) is 10.2 Å². The number of hydrogen-bond acceptors (Lipinski definition) is 3. The van der Waals surface area contributed by atoms with Gasteiger partial charge in [0.15, 0.2) is 0 Å². The molecule has 0 radical (unpaired) electrons. The van der Waals surface area contributed by atoms with Gasteiger partial charge in [-0.3, -0.25) is 9.59 Å². The molecule has 3 rings (SSSR count). The Morgan fingerprint density at radius 1 is 0.933 bits per heavy atom. The lowest BCUT2D eigenvalue weighted by atomic mass is 10.1. The maximum atomic E-state index is 12.9. The van der Waals surface area contributed by atoms with E-state index in [2.05, 4.69) is 5.32 Å². The third-order valence-electron chi connectivity index (χ3n) is 5.04. The smallest absolute Gasteiger partial charge is 0.368 e. The molecule has 0 aromatic heterocycles. The van der Waals surface area contributed by atoms with Crippen molar-refractivity contribution in [3.8, 4) is 0 Å². The lowest BCUT2D eigenvalue weighted by molar-refractivity contribution is -0.137. The van der Waals surface area contributed by atoms with Crippen LogP contribution in [-0.2, 0) is 22.2 Å². The van der Waals surface area contributed by atoms with Gasteiger partial charge in [0, 0.05) is 44.8 Å². The Hall–Kier alpha value is -3.03. The van der Waals surface area contributed by atoms with Crippen LogP contribution in [0.2, 0.25) is 0 Å². The molecule has 8 heteroatoms. The number of carbonyl (C=O) groups excluding carboxylic acids is 2. The number of nitrogens with zero attached hydrogens (tertiary/aromatic N) is 2. The molecule has 0 unspecified atom stereocenters. The van der Waals surface area contributed by atoms with Crippen LogP contribution in [0.25, 0.3) is 0 Å². The molecular weight excluding hydrogens is 395 g/mol. The summed E-state index contributed by atoms with van der Waals surface area (Å²) in [6, 6.07) is 14.6. The van der Waals surface area contributed by atoms with Crippen LogP contribution in [-0.4, -0.2) is 49.4 Å². The van der Waals surface area contributed by atoms with Crippen molar-refractivity contribution in [2.24, 2.45) is 0 Å². The summed E-state index contributed by atoms with van der Waals surface area (Å²) in [5.41, 5.74) is 0.738. The van der Waals surface area contributed by atoms with Gasteiger partial charge in [-0.05, 0) is 23.8 Å². The number of nitrogens with one attached hydrogen (secondary N) is 1. The second-order valence-electron chi connectivity index (χ2n) is 7.18. The summed E-state index contributed by atoms with van der Waals surface area (Å²) in [6.45, 7) is 2.07. The number of halogens is 3. The molecule has 1 N–H and O–H groups in total. The van der Waals surface area contributed by atoms with Gasteiger partial charge in [0.05, 0.1) is 12.0 Å². The van der Waals surface area contributed by atoms with Crippen molar-refractivity contribution >= 4 is 17.5 Å². The van der Waals surface area contributed by atoms with Crippen LogP contribution >= 0.6 is 0 Å². The van der Waals surface area contributed by atoms with Crippen LogP contribution in [0.3, 0.4) is 0 Å². The van der Waals surface area contributed by atoms with Crippen molar-refractivity contribution in [1.29, 1.82) is 0 Å². The second kappa shape index (κ2) is 9.65. The van der Waals surface area contributed by atoms with E-state index < -0.39 is 11.7 Å². The summed E-state index contributed by atoms with van der Waals surface area (Å²) in [5, 5.41) is 2.75. The van der Waals surface area contributed by atoms with E-state index in [1.807, 2.05) is 35.2 Å². The number of alkyl halides is 3. The second-order valence-corrected chi connectivity index (χ2v) is 7.18. The molecule has 2 aromatic carbocycles. The van der Waals surface area contributed by atoms with E-state index in [0.29, 0.717) is 31.9 Å². The number of piperazine rings is 1. The van der Waals surface area contributed by atoms with E-state index in [9.17, 15) is 22.8 Å². The summed E-state index contributed by atoms with van der Waals surface area (Å²) >= 11 is 0. The lowest BCUT2D eigenvalue weighted by Crippen LogP contribution is -2.49. The van der Waals surface area contributed by atoms with E-state index in [0.717, 1.165) is 17.7 Å². The first-order valence-corrected chi connectivity index (χ1v) is 9.83. The Morgan fingerprint density at radius 2 is 1.63 bits per heavy atom. The van der Waals surface area contributed by atoms with Crippen molar-refractivity contribution < 1.29 is 22.8 Å². The minimum atomic E-state index is -4.38. The fourth-order valence-corrected chi connectivity index (χ4v) is 3.40. The number of carbonyl (C=O) groups is 2. The number of anilines is 1. The van der Waals surface area contributed by atoms with Gasteiger partial charge >= 0.3 is 6.18 Å². The van der Waals surface area contributed by atoms with Gasteiger partial charge in [-0.1, -0.05) is 36.4 Å². The highest BCUT2D eigenvalue weighted by Crippen LogP contribution is 2.31. The SMILES string of the molecule is O=C(Cc1ccccc1)NCCC(=O)N1CCN(c2cccc(C(F)(F)F)c2)CC1. The zero-order chi connectivity index (χ0) is 21.6. The minimum absolute atomic E-state index is 0.0706. The Bertz CT molecular complexity index is 863. The van der Waals surface area contributed by atoms with Gasteiger partial charge in [-0.25, -0.2) is 0 Å². The summed E-state index contributed by atoms with van der Waals surface area (Å²) in [6.07, 6.45) is -3.91. The lowest BCUT2D eigenvalue weighted by Gasteiger charge is -2.36.